The van der Waals surface area contributed by atoms with Gasteiger partial charge in [0.1, 0.15) is 11.4 Å². The molecule has 6 nitrogen and oxygen atoms in total. The smallest absolute Gasteiger partial charge is 0.416 e. The summed E-state index contributed by atoms with van der Waals surface area (Å²) in [5, 5.41) is 12.4. The Morgan fingerprint density at radius 1 is 0.977 bits per heavy atom. The fourth-order valence-corrected chi connectivity index (χ4v) is 6.82. The lowest BCUT2D eigenvalue weighted by Crippen LogP contribution is -2.23. The number of aromatic nitrogens is 1. The summed E-state index contributed by atoms with van der Waals surface area (Å²) in [6.45, 7) is 2.76. The normalized spacial score (nSPS) is 25.9. The molecular formula is C35H37F3N4O2. The van der Waals surface area contributed by atoms with Gasteiger partial charge in [0, 0.05) is 19.1 Å². The highest BCUT2D eigenvalue weighted by Gasteiger charge is 2.49. The largest absolute Gasteiger partial charge is 0.489 e. The monoisotopic (exact) mass is 602 g/mol. The van der Waals surface area contributed by atoms with E-state index >= 15 is 0 Å². The number of halogens is 3. The number of carbonyl (C=O) groups excluding carboxylic acids is 1. The second kappa shape index (κ2) is 13.1. The molecule has 0 amide bonds. The van der Waals surface area contributed by atoms with Gasteiger partial charge < -0.3 is 10.1 Å². The maximum absolute atomic E-state index is 13.2. The van der Waals surface area contributed by atoms with Crippen molar-refractivity contribution in [2.45, 2.75) is 81.8 Å². The Balaban J connectivity index is 0.974. The quantitative estimate of drug-likeness (QED) is 0.223. The molecule has 3 fully saturated rings. The molecule has 5 atom stereocenters. The predicted molar refractivity (Wildman–Crippen MR) is 160 cm³/mol. The molecule has 2 aromatic carbocycles. The number of ether oxygens (including phenoxy) is 1. The molecule has 4 unspecified atom stereocenters. The Kier molecular flexibility index (Phi) is 9.01. The number of alkyl halides is 3. The lowest BCUT2D eigenvalue weighted by molar-refractivity contribution is -0.137. The van der Waals surface area contributed by atoms with Crippen LogP contribution in [-0.2, 0) is 12.7 Å². The van der Waals surface area contributed by atoms with Gasteiger partial charge in [-0.1, -0.05) is 30.7 Å². The van der Waals surface area contributed by atoms with Crippen LogP contribution in [0.1, 0.15) is 83.6 Å². The molecule has 2 saturated heterocycles. The molecule has 230 valence electrons. The Morgan fingerprint density at radius 3 is 2.45 bits per heavy atom. The van der Waals surface area contributed by atoms with Gasteiger partial charge in [-0.2, -0.15) is 18.4 Å². The van der Waals surface area contributed by atoms with E-state index in [0.717, 1.165) is 70.1 Å². The zero-order valence-corrected chi connectivity index (χ0v) is 24.6. The van der Waals surface area contributed by atoms with E-state index in [1.165, 1.54) is 17.7 Å². The topological polar surface area (TPSA) is 88.2 Å². The van der Waals surface area contributed by atoms with Crippen molar-refractivity contribution in [1.82, 2.24) is 15.2 Å². The number of pyridine rings is 1. The van der Waals surface area contributed by atoms with Crippen LogP contribution in [-0.4, -0.2) is 46.9 Å². The third-order valence-electron chi connectivity index (χ3n) is 9.38. The molecule has 0 spiro atoms. The van der Waals surface area contributed by atoms with Gasteiger partial charge in [0.05, 0.1) is 35.5 Å². The van der Waals surface area contributed by atoms with Crippen molar-refractivity contribution in [3.8, 4) is 11.8 Å². The number of likely N-dealkylation sites (tertiary alicyclic amines) is 1. The van der Waals surface area contributed by atoms with Gasteiger partial charge in [-0.05, 0) is 104 Å². The standard InChI is InChI=1S/C35H37F3N4O2/c36-35(37,38)28-12-9-26(10-13-28)25-3-1-2-4-29(14-11-25)44-30-15-16-31(40-20-30)34(43)33-32(41-33)27-17-18-42(22-27)21-24-7-5-23(19-39)6-8-24/h5-10,12-13,15-16,20,25,27,29,32-33,41H,1-4,11,14,17-18,21-22H2/t25?,27-,29?,32?,33?/m1/s1. The van der Waals surface area contributed by atoms with Crippen LogP contribution < -0.4 is 10.1 Å². The van der Waals surface area contributed by atoms with E-state index in [1.807, 2.05) is 30.3 Å². The number of nitrogens with zero attached hydrogens (tertiary/aromatic N) is 3. The van der Waals surface area contributed by atoms with Crippen molar-refractivity contribution in [2.75, 3.05) is 13.1 Å². The van der Waals surface area contributed by atoms with E-state index in [4.69, 9.17) is 10.00 Å². The Morgan fingerprint density at radius 2 is 1.75 bits per heavy atom. The average molecular weight is 603 g/mol. The summed E-state index contributed by atoms with van der Waals surface area (Å²) >= 11 is 0. The first-order chi connectivity index (χ1) is 21.3. The fraction of sp³-hybridized carbons (Fsp3) is 0.457. The predicted octanol–water partition coefficient (Wildman–Crippen LogP) is 6.90. The van der Waals surface area contributed by atoms with Crippen LogP contribution in [0.3, 0.4) is 0 Å². The average Bonchev–Trinajstić information content (AvgIpc) is 3.69. The second-order valence-electron chi connectivity index (χ2n) is 12.4. The van der Waals surface area contributed by atoms with Gasteiger partial charge in [0.2, 0.25) is 0 Å². The van der Waals surface area contributed by atoms with Crippen molar-refractivity contribution in [2.24, 2.45) is 5.92 Å². The van der Waals surface area contributed by atoms with E-state index in [9.17, 15) is 18.0 Å². The summed E-state index contributed by atoms with van der Waals surface area (Å²) in [7, 11) is 0. The van der Waals surface area contributed by atoms with Crippen LogP contribution in [0, 0.1) is 17.2 Å². The summed E-state index contributed by atoms with van der Waals surface area (Å²) in [5.74, 6) is 1.27. The number of rotatable bonds is 8. The Hall–Kier alpha value is -3.74. The number of Topliss-reactive ketones (excluding diaryl/α,β-unsaturated/α-hetero) is 1. The highest BCUT2D eigenvalue weighted by molar-refractivity contribution is 6.01. The molecule has 1 N–H and O–H groups in total. The van der Waals surface area contributed by atoms with Crippen LogP contribution in [0.15, 0.2) is 66.9 Å². The second-order valence-corrected chi connectivity index (χ2v) is 12.4. The maximum Gasteiger partial charge on any atom is 0.416 e. The van der Waals surface area contributed by atoms with Crippen molar-refractivity contribution in [1.29, 1.82) is 5.26 Å². The maximum atomic E-state index is 13.2. The van der Waals surface area contributed by atoms with Gasteiger partial charge in [0.25, 0.3) is 0 Å². The minimum absolute atomic E-state index is 0.000303. The lowest BCUT2D eigenvalue weighted by Gasteiger charge is -2.26. The number of hydrogen-bond acceptors (Lipinski definition) is 6. The molecule has 3 aliphatic rings. The summed E-state index contributed by atoms with van der Waals surface area (Å²) in [6, 6.07) is 19.0. The summed E-state index contributed by atoms with van der Waals surface area (Å²) in [4.78, 5) is 20.0. The van der Waals surface area contributed by atoms with Gasteiger partial charge in [-0.15, -0.1) is 0 Å². The van der Waals surface area contributed by atoms with E-state index in [1.54, 1.807) is 24.4 Å². The van der Waals surface area contributed by atoms with Crippen LogP contribution in [0.4, 0.5) is 13.2 Å². The SMILES string of the molecule is N#Cc1ccc(CN2CC[C@@H](C3NC3C(=O)c3ccc(OC4CCCCC(c5ccc(C(F)(F)F)cc5)CC4)cn3)C2)cc1. The summed E-state index contributed by atoms with van der Waals surface area (Å²) in [5.41, 5.74) is 2.62. The first kappa shape index (κ1) is 30.3. The van der Waals surface area contributed by atoms with Crippen molar-refractivity contribution >= 4 is 5.78 Å². The Bertz CT molecular complexity index is 1470. The number of ketones is 1. The third-order valence-corrected chi connectivity index (χ3v) is 9.38. The summed E-state index contributed by atoms with van der Waals surface area (Å²) < 4.78 is 45.2. The van der Waals surface area contributed by atoms with Crippen molar-refractivity contribution in [3.05, 3.63) is 94.8 Å². The van der Waals surface area contributed by atoms with Gasteiger partial charge in [-0.25, -0.2) is 4.98 Å². The molecule has 9 heteroatoms. The van der Waals surface area contributed by atoms with Gasteiger partial charge in [-0.3, -0.25) is 9.69 Å². The van der Waals surface area contributed by atoms with Crippen LogP contribution in [0.25, 0.3) is 0 Å². The number of nitriles is 1. The highest BCUT2D eigenvalue weighted by atomic mass is 19.4. The molecule has 0 bridgehead atoms. The van der Waals surface area contributed by atoms with Gasteiger partial charge in [0.15, 0.2) is 5.78 Å². The van der Waals surface area contributed by atoms with Crippen LogP contribution in [0.5, 0.6) is 5.75 Å². The van der Waals surface area contributed by atoms with Crippen molar-refractivity contribution < 1.29 is 22.7 Å². The molecule has 1 aliphatic carbocycles. The van der Waals surface area contributed by atoms with Crippen molar-refractivity contribution in [3.63, 3.8) is 0 Å². The van der Waals surface area contributed by atoms with Crippen LogP contribution >= 0.6 is 0 Å². The van der Waals surface area contributed by atoms with E-state index in [2.05, 4.69) is 21.3 Å². The Labute approximate surface area is 256 Å². The number of benzene rings is 2. The molecule has 3 aromatic rings. The first-order valence-electron chi connectivity index (χ1n) is 15.6. The molecule has 44 heavy (non-hydrogen) atoms. The van der Waals surface area contributed by atoms with Gasteiger partial charge >= 0.3 is 6.18 Å². The number of hydrogen-bond donors (Lipinski definition) is 1. The molecule has 3 heterocycles. The number of nitrogens with one attached hydrogen (secondary N) is 1. The molecular weight excluding hydrogens is 565 g/mol. The third kappa shape index (κ3) is 7.31. The zero-order chi connectivity index (χ0) is 30.7. The highest BCUT2D eigenvalue weighted by Crippen LogP contribution is 2.35. The van der Waals surface area contributed by atoms with E-state index in [-0.39, 0.29) is 29.9 Å². The fourth-order valence-electron chi connectivity index (χ4n) is 6.82. The molecule has 0 radical (unpaired) electrons. The van der Waals surface area contributed by atoms with E-state index in [0.29, 0.717) is 22.9 Å². The minimum atomic E-state index is -4.32. The van der Waals surface area contributed by atoms with Crippen LogP contribution in [0.2, 0.25) is 0 Å². The molecule has 2 aliphatic heterocycles. The molecule has 6 rings (SSSR count). The minimum Gasteiger partial charge on any atom is -0.489 e. The zero-order valence-electron chi connectivity index (χ0n) is 24.6. The first-order valence-corrected chi connectivity index (χ1v) is 15.6. The number of carbonyl (C=O) groups is 1. The molecule has 1 saturated carbocycles. The lowest BCUT2D eigenvalue weighted by atomic mass is 9.85. The molecule has 1 aromatic heterocycles. The summed E-state index contributed by atoms with van der Waals surface area (Å²) in [6.07, 6.45) is 3.87. The van der Waals surface area contributed by atoms with E-state index < -0.39 is 11.7 Å².